The summed E-state index contributed by atoms with van der Waals surface area (Å²) in [7, 11) is 0. The maximum atomic E-state index is 13.3. The lowest BCUT2D eigenvalue weighted by Gasteiger charge is -2.18. The lowest BCUT2D eigenvalue weighted by molar-refractivity contribution is -0.128. The second kappa shape index (κ2) is 7.61. The molecule has 0 bridgehead atoms. The molecule has 7 heteroatoms. The highest BCUT2D eigenvalue weighted by molar-refractivity contribution is 6.04. The number of nitrogens with zero attached hydrogens (tertiary/aromatic N) is 1. The van der Waals surface area contributed by atoms with Gasteiger partial charge >= 0.3 is 6.03 Å². The average molecular weight is 360 g/mol. The maximum absolute atomic E-state index is 13.3. The van der Waals surface area contributed by atoms with Crippen LogP contribution in [0.25, 0.3) is 0 Å². The second-order valence-electron chi connectivity index (χ2n) is 6.16. The van der Waals surface area contributed by atoms with Crippen LogP contribution in [0.3, 0.4) is 0 Å². The molecular formula is C19H18F2N2O3. The Hall–Kier alpha value is -2.80. The van der Waals surface area contributed by atoms with E-state index in [0.717, 1.165) is 22.6 Å². The zero-order chi connectivity index (χ0) is 18.7. The monoisotopic (exact) mass is 360 g/mol. The van der Waals surface area contributed by atoms with E-state index in [1.807, 2.05) is 30.3 Å². The van der Waals surface area contributed by atoms with Crippen molar-refractivity contribution in [2.24, 2.45) is 0 Å². The Labute approximate surface area is 149 Å². The summed E-state index contributed by atoms with van der Waals surface area (Å²) in [6.07, 6.45) is -0.239. The van der Waals surface area contributed by atoms with Gasteiger partial charge < -0.3 is 10.4 Å². The summed E-state index contributed by atoms with van der Waals surface area (Å²) >= 11 is 0. The summed E-state index contributed by atoms with van der Waals surface area (Å²) in [4.78, 5) is 25.4. The number of nitrogens with one attached hydrogen (secondary N) is 1. The third kappa shape index (κ3) is 3.88. The van der Waals surface area contributed by atoms with Gasteiger partial charge in [0, 0.05) is 0 Å². The summed E-state index contributed by atoms with van der Waals surface area (Å²) in [6, 6.07) is 11.3. The number of carbonyl (C=O) groups excluding carboxylic acids is 2. The molecule has 1 aliphatic heterocycles. The van der Waals surface area contributed by atoms with E-state index in [1.54, 1.807) is 0 Å². The van der Waals surface area contributed by atoms with E-state index in [4.69, 9.17) is 0 Å². The van der Waals surface area contributed by atoms with E-state index in [-0.39, 0.29) is 12.1 Å². The summed E-state index contributed by atoms with van der Waals surface area (Å²) < 4.78 is 26.3. The van der Waals surface area contributed by atoms with Crippen molar-refractivity contribution in [3.8, 4) is 0 Å². The molecule has 1 heterocycles. The molecular weight excluding hydrogens is 342 g/mol. The van der Waals surface area contributed by atoms with Crippen molar-refractivity contribution in [2.45, 2.75) is 25.0 Å². The maximum Gasteiger partial charge on any atom is 0.324 e. The third-order valence-corrected chi connectivity index (χ3v) is 4.36. The van der Waals surface area contributed by atoms with E-state index < -0.39 is 35.7 Å². The van der Waals surface area contributed by atoms with Crippen molar-refractivity contribution in [3.63, 3.8) is 0 Å². The van der Waals surface area contributed by atoms with Crippen molar-refractivity contribution in [1.29, 1.82) is 0 Å². The highest BCUT2D eigenvalue weighted by Crippen LogP contribution is 2.20. The Morgan fingerprint density at radius 2 is 1.81 bits per heavy atom. The van der Waals surface area contributed by atoms with Gasteiger partial charge in [0.1, 0.15) is 6.04 Å². The normalized spacial score (nSPS) is 18.1. The molecule has 1 saturated heterocycles. The van der Waals surface area contributed by atoms with Gasteiger partial charge in [-0.05, 0) is 36.1 Å². The van der Waals surface area contributed by atoms with Crippen LogP contribution in [0.1, 0.15) is 23.7 Å². The van der Waals surface area contributed by atoms with Gasteiger partial charge in [0.05, 0.1) is 12.6 Å². The first-order valence-corrected chi connectivity index (χ1v) is 8.24. The smallest absolute Gasteiger partial charge is 0.324 e. The molecule has 1 fully saturated rings. The minimum atomic E-state index is -1.30. The highest BCUT2D eigenvalue weighted by Gasteiger charge is 2.38. The SMILES string of the molecule is O=C1N[C@H](CCc2ccccc2)C(=O)N1C[C@H](O)c1ccc(F)c(F)c1. The number of amides is 3. The van der Waals surface area contributed by atoms with Crippen LogP contribution in [0.15, 0.2) is 48.5 Å². The first-order chi connectivity index (χ1) is 12.5. The van der Waals surface area contributed by atoms with Crippen LogP contribution in [-0.4, -0.2) is 34.5 Å². The Bertz CT molecular complexity index is 814. The number of carbonyl (C=O) groups is 2. The average Bonchev–Trinajstić information content (AvgIpc) is 2.90. The summed E-state index contributed by atoms with van der Waals surface area (Å²) in [5, 5.41) is 12.8. The number of imide groups is 1. The molecule has 3 rings (SSSR count). The van der Waals surface area contributed by atoms with E-state index in [2.05, 4.69) is 5.32 Å². The standard InChI is InChI=1S/C19H18F2N2O3/c20-14-8-7-13(10-15(14)21)17(24)11-23-18(25)16(22-19(23)26)9-6-12-4-2-1-3-5-12/h1-5,7-8,10,16-17,24H,6,9,11H2,(H,22,26)/t16-,17+/m1/s1. The largest absolute Gasteiger partial charge is 0.387 e. The van der Waals surface area contributed by atoms with Gasteiger partial charge in [0.2, 0.25) is 0 Å². The van der Waals surface area contributed by atoms with Crippen molar-refractivity contribution < 1.29 is 23.5 Å². The second-order valence-corrected chi connectivity index (χ2v) is 6.16. The minimum absolute atomic E-state index is 0.0947. The molecule has 1 aliphatic rings. The fraction of sp³-hybridized carbons (Fsp3) is 0.263. The van der Waals surface area contributed by atoms with Crippen molar-refractivity contribution >= 4 is 11.9 Å². The quantitative estimate of drug-likeness (QED) is 0.778. The first kappa shape index (κ1) is 18.0. The van der Waals surface area contributed by atoms with Crippen LogP contribution < -0.4 is 5.32 Å². The lowest BCUT2D eigenvalue weighted by atomic mass is 10.0. The van der Waals surface area contributed by atoms with Crippen molar-refractivity contribution in [3.05, 3.63) is 71.3 Å². The van der Waals surface area contributed by atoms with Gasteiger partial charge in [0.15, 0.2) is 11.6 Å². The molecule has 0 saturated carbocycles. The molecule has 2 N–H and O–H groups in total. The van der Waals surface area contributed by atoms with E-state index >= 15 is 0 Å². The minimum Gasteiger partial charge on any atom is -0.387 e. The van der Waals surface area contributed by atoms with Crippen LogP contribution in [0.2, 0.25) is 0 Å². The number of hydrogen-bond acceptors (Lipinski definition) is 3. The molecule has 0 aromatic heterocycles. The summed E-state index contributed by atoms with van der Waals surface area (Å²) in [5.74, 6) is -2.57. The van der Waals surface area contributed by atoms with Gasteiger partial charge in [-0.1, -0.05) is 36.4 Å². The van der Waals surface area contributed by atoms with Gasteiger partial charge in [-0.15, -0.1) is 0 Å². The van der Waals surface area contributed by atoms with Crippen LogP contribution in [0, 0.1) is 11.6 Å². The predicted molar refractivity (Wildman–Crippen MR) is 90.1 cm³/mol. The van der Waals surface area contributed by atoms with Crippen molar-refractivity contribution in [2.75, 3.05) is 6.54 Å². The molecule has 2 atom stereocenters. The van der Waals surface area contributed by atoms with Crippen LogP contribution >= 0.6 is 0 Å². The van der Waals surface area contributed by atoms with E-state index in [0.29, 0.717) is 12.8 Å². The van der Waals surface area contributed by atoms with Gasteiger partial charge in [0.25, 0.3) is 5.91 Å². The zero-order valence-electron chi connectivity index (χ0n) is 13.9. The topological polar surface area (TPSA) is 69.6 Å². The highest BCUT2D eigenvalue weighted by atomic mass is 19.2. The van der Waals surface area contributed by atoms with Crippen molar-refractivity contribution in [1.82, 2.24) is 10.2 Å². The number of rotatable bonds is 6. The Morgan fingerprint density at radius 3 is 2.50 bits per heavy atom. The first-order valence-electron chi connectivity index (χ1n) is 8.24. The van der Waals surface area contributed by atoms with Crippen LogP contribution in [-0.2, 0) is 11.2 Å². The Balaban J connectivity index is 1.62. The summed E-state index contributed by atoms with van der Waals surface area (Å²) in [6.45, 7) is -0.322. The molecule has 2 aromatic carbocycles. The number of hydrogen-bond donors (Lipinski definition) is 2. The van der Waals surface area contributed by atoms with Gasteiger partial charge in [-0.2, -0.15) is 0 Å². The molecule has 0 aliphatic carbocycles. The number of urea groups is 1. The number of β-amino-alcohol motifs (C(OH)–C–C–N with tert-alkyl or cyclic N) is 1. The molecule has 26 heavy (non-hydrogen) atoms. The number of halogens is 2. The van der Waals surface area contributed by atoms with E-state index in [9.17, 15) is 23.5 Å². The van der Waals surface area contributed by atoms with Gasteiger partial charge in [-0.3, -0.25) is 9.69 Å². The number of benzene rings is 2. The molecule has 0 unspecified atom stereocenters. The zero-order valence-corrected chi connectivity index (χ0v) is 13.9. The molecule has 0 spiro atoms. The third-order valence-electron chi connectivity index (χ3n) is 4.36. The molecule has 5 nitrogen and oxygen atoms in total. The Morgan fingerprint density at radius 1 is 1.08 bits per heavy atom. The number of aryl methyl sites for hydroxylation is 1. The molecule has 0 radical (unpaired) electrons. The van der Waals surface area contributed by atoms with Gasteiger partial charge in [-0.25, -0.2) is 13.6 Å². The molecule has 3 amide bonds. The number of aliphatic hydroxyl groups excluding tert-OH is 1. The fourth-order valence-electron chi connectivity index (χ4n) is 2.90. The Kier molecular flexibility index (Phi) is 5.27. The molecule has 136 valence electrons. The van der Waals surface area contributed by atoms with Crippen LogP contribution in [0.4, 0.5) is 13.6 Å². The molecule has 2 aromatic rings. The van der Waals surface area contributed by atoms with E-state index in [1.165, 1.54) is 6.07 Å². The lowest BCUT2D eigenvalue weighted by Crippen LogP contribution is -2.35. The summed E-state index contributed by atoms with van der Waals surface area (Å²) in [5.41, 5.74) is 1.15. The number of aliphatic hydroxyl groups is 1. The fourth-order valence-corrected chi connectivity index (χ4v) is 2.90. The van der Waals surface area contributed by atoms with Crippen LogP contribution in [0.5, 0.6) is 0 Å². The predicted octanol–water partition coefficient (Wildman–Crippen LogP) is 2.55.